The van der Waals surface area contributed by atoms with E-state index in [2.05, 4.69) is 20.2 Å². The van der Waals surface area contributed by atoms with E-state index in [1.54, 1.807) is 0 Å². The van der Waals surface area contributed by atoms with Gasteiger partial charge in [-0.25, -0.2) is 14.4 Å². The van der Waals surface area contributed by atoms with Crippen molar-refractivity contribution in [1.29, 1.82) is 0 Å². The fraction of sp³-hybridized carbons (Fsp3) is 0.455. The maximum Gasteiger partial charge on any atom is 0.202 e. The second-order valence-corrected chi connectivity index (χ2v) is 9.18. The number of nitrogens with one attached hydrogen (secondary N) is 1. The number of benzene rings is 1. The minimum Gasteiger partial charge on any atom is -0.346 e. The van der Waals surface area contributed by atoms with Crippen molar-refractivity contribution in [3.8, 4) is 11.3 Å². The Morgan fingerprint density at radius 2 is 2.12 bits per heavy atom. The highest BCUT2D eigenvalue weighted by atomic mass is 35.5. The smallest absolute Gasteiger partial charge is 0.202 e. The molecule has 2 aliphatic heterocycles. The number of anilines is 1. The lowest BCUT2D eigenvalue weighted by Crippen LogP contribution is -2.56. The molecule has 0 spiro atoms. The third kappa shape index (κ3) is 2.77. The zero-order valence-electron chi connectivity index (χ0n) is 17.9. The van der Waals surface area contributed by atoms with Gasteiger partial charge in [-0.05, 0) is 45.2 Å². The zero-order valence-corrected chi connectivity index (χ0v) is 18.6. The van der Waals surface area contributed by atoms with Crippen LogP contribution in [-0.2, 0) is 6.54 Å². The Bertz CT molecular complexity index is 1350. The monoisotopic (exact) mass is 454 g/mol. The summed E-state index contributed by atoms with van der Waals surface area (Å²) in [6, 6.07) is 3.40. The molecule has 3 N–H and O–H groups in total. The molecule has 5 heterocycles. The first-order chi connectivity index (χ1) is 15.5. The molecule has 166 valence electrons. The van der Waals surface area contributed by atoms with Crippen LogP contribution >= 0.6 is 11.6 Å². The first-order valence-electron chi connectivity index (χ1n) is 11.0. The molecule has 0 unspecified atom stereocenters. The minimum absolute atomic E-state index is 0.192. The molecule has 4 atom stereocenters. The zero-order chi connectivity index (χ0) is 22.1. The van der Waals surface area contributed by atoms with Gasteiger partial charge in [-0.1, -0.05) is 11.6 Å². The van der Waals surface area contributed by atoms with Crippen LogP contribution in [-0.4, -0.2) is 54.2 Å². The van der Waals surface area contributed by atoms with Crippen LogP contribution in [0.1, 0.15) is 31.9 Å². The molecule has 2 saturated heterocycles. The lowest BCUT2D eigenvalue weighted by Gasteiger charge is -2.41. The number of fused-ring (bicyclic) bond motifs is 4. The van der Waals surface area contributed by atoms with Crippen LogP contribution < -0.4 is 10.6 Å². The van der Waals surface area contributed by atoms with Crippen molar-refractivity contribution in [2.45, 2.75) is 64.0 Å². The fourth-order valence-electron chi connectivity index (χ4n) is 5.32. The molecule has 0 saturated carbocycles. The first-order valence-corrected chi connectivity index (χ1v) is 11.4. The van der Waals surface area contributed by atoms with E-state index >= 15 is 0 Å². The van der Waals surface area contributed by atoms with Gasteiger partial charge in [0.25, 0.3) is 0 Å². The van der Waals surface area contributed by atoms with Crippen molar-refractivity contribution in [3.05, 3.63) is 29.0 Å². The van der Waals surface area contributed by atoms with Crippen LogP contribution in [0.25, 0.3) is 33.3 Å². The quantitative estimate of drug-likeness (QED) is 0.488. The highest BCUT2D eigenvalue weighted by Gasteiger charge is 2.47. The second kappa shape index (κ2) is 7.11. The highest BCUT2D eigenvalue weighted by molar-refractivity contribution is 6.38. The number of nitrogens with two attached hydrogens (primary N) is 1. The van der Waals surface area contributed by atoms with Gasteiger partial charge in [0.15, 0.2) is 5.82 Å². The summed E-state index contributed by atoms with van der Waals surface area (Å²) < 4.78 is 16.7. The van der Waals surface area contributed by atoms with Gasteiger partial charge >= 0.3 is 0 Å². The van der Waals surface area contributed by atoms with Crippen molar-refractivity contribution in [2.24, 2.45) is 5.73 Å². The maximum atomic E-state index is 14.8. The minimum atomic E-state index is -1.06. The van der Waals surface area contributed by atoms with Crippen molar-refractivity contribution in [2.75, 3.05) is 4.90 Å². The van der Waals surface area contributed by atoms with E-state index in [4.69, 9.17) is 27.3 Å². The Morgan fingerprint density at radius 1 is 1.28 bits per heavy atom. The van der Waals surface area contributed by atoms with Crippen molar-refractivity contribution >= 4 is 39.5 Å². The number of alkyl halides is 1. The Balaban J connectivity index is 1.45. The predicted molar refractivity (Wildman–Crippen MR) is 123 cm³/mol. The molecular formula is C22H24ClFN8. The summed E-state index contributed by atoms with van der Waals surface area (Å²) in [5, 5.41) is 13.5. The van der Waals surface area contributed by atoms with Gasteiger partial charge < -0.3 is 10.6 Å². The number of piperidine rings is 1. The lowest BCUT2D eigenvalue weighted by atomic mass is 9.96. The van der Waals surface area contributed by atoms with Gasteiger partial charge in [0.1, 0.15) is 11.7 Å². The molecule has 32 heavy (non-hydrogen) atoms. The first kappa shape index (κ1) is 19.9. The fourth-order valence-corrected chi connectivity index (χ4v) is 5.62. The Hall–Kier alpha value is -2.78. The Kier molecular flexibility index (Phi) is 4.42. The number of hydrogen-bond donors (Lipinski definition) is 2. The van der Waals surface area contributed by atoms with Crippen LogP contribution in [0.5, 0.6) is 0 Å². The Morgan fingerprint density at radius 3 is 2.94 bits per heavy atom. The summed E-state index contributed by atoms with van der Waals surface area (Å²) in [4.78, 5) is 11.7. The molecule has 10 heteroatoms. The van der Waals surface area contributed by atoms with Crippen LogP contribution in [0.2, 0.25) is 5.02 Å². The predicted octanol–water partition coefficient (Wildman–Crippen LogP) is 3.76. The van der Waals surface area contributed by atoms with Gasteiger partial charge in [0.05, 0.1) is 28.0 Å². The molecule has 4 aromatic rings. The second-order valence-electron chi connectivity index (χ2n) is 8.80. The van der Waals surface area contributed by atoms with E-state index in [9.17, 15) is 4.39 Å². The molecule has 2 aliphatic rings. The number of nitrogens with zero attached hydrogens (tertiary/aromatic N) is 6. The molecule has 1 aromatic carbocycles. The molecule has 0 radical (unpaired) electrons. The average molecular weight is 455 g/mol. The number of aryl methyl sites for hydroxylation is 2. The number of halogens is 2. The number of hydrogen-bond acceptors (Lipinski definition) is 6. The number of aromatic nitrogens is 6. The molecule has 2 bridgehead atoms. The number of aromatic amines is 1. The van der Waals surface area contributed by atoms with E-state index in [1.165, 1.54) is 0 Å². The standard InChI is InChI=1S/C22H24ClFN8/c1-3-31-9-13-15(30-31)6-5-12(17(13)23)19-20-21(29-28-19)27-22(10(2)26-20)32-11-4-7-16(32)18(24)14(25)8-11/h5-6,9,11,14,16,18H,3-4,7-8,25H2,1-2H3,(H,27,28,29)/t11-,14-,16+,18-/m0/s1. The van der Waals surface area contributed by atoms with Gasteiger partial charge in [-0.2, -0.15) is 10.2 Å². The summed E-state index contributed by atoms with van der Waals surface area (Å²) in [5.74, 6) is 0.698. The summed E-state index contributed by atoms with van der Waals surface area (Å²) >= 11 is 6.76. The highest BCUT2D eigenvalue weighted by Crippen LogP contribution is 2.41. The van der Waals surface area contributed by atoms with Gasteiger partial charge in [-0.15, -0.1) is 0 Å². The number of rotatable bonds is 3. The maximum absolute atomic E-state index is 14.8. The summed E-state index contributed by atoms with van der Waals surface area (Å²) in [7, 11) is 0. The van der Waals surface area contributed by atoms with Crippen molar-refractivity contribution in [1.82, 2.24) is 29.9 Å². The van der Waals surface area contributed by atoms with E-state index in [0.29, 0.717) is 34.1 Å². The molecule has 0 amide bonds. The Labute approximate surface area is 189 Å². The molecule has 2 fully saturated rings. The largest absolute Gasteiger partial charge is 0.346 e. The molecule has 3 aromatic heterocycles. The average Bonchev–Trinajstić information content (AvgIpc) is 3.47. The van der Waals surface area contributed by atoms with Crippen LogP contribution in [0, 0.1) is 6.92 Å². The topological polar surface area (TPSA) is 102 Å². The van der Waals surface area contributed by atoms with E-state index < -0.39 is 12.2 Å². The number of H-pyrrole nitrogens is 1. The molecule has 6 rings (SSSR count). The van der Waals surface area contributed by atoms with E-state index in [1.807, 2.05) is 36.9 Å². The molecule has 8 nitrogen and oxygen atoms in total. The van der Waals surface area contributed by atoms with Gasteiger partial charge in [0.2, 0.25) is 5.65 Å². The van der Waals surface area contributed by atoms with Crippen LogP contribution in [0.4, 0.5) is 10.2 Å². The van der Waals surface area contributed by atoms with Gasteiger partial charge in [0, 0.05) is 35.8 Å². The third-order valence-corrected chi connectivity index (χ3v) is 7.32. The normalized spacial score (nSPS) is 25.3. The SMILES string of the molecule is CCn1cc2c(Cl)c(-c3[nH]nc4nc(N5[C@H]6CC[C@@H]5[C@@H](F)[C@@H](N)C6)c(C)nc34)ccc2n1. The molecule has 0 aliphatic carbocycles. The van der Waals surface area contributed by atoms with E-state index in [0.717, 1.165) is 41.5 Å². The van der Waals surface area contributed by atoms with Crippen molar-refractivity contribution < 1.29 is 4.39 Å². The summed E-state index contributed by atoms with van der Waals surface area (Å²) in [5.41, 5.74) is 10.3. The summed E-state index contributed by atoms with van der Waals surface area (Å²) in [6.45, 7) is 4.71. The van der Waals surface area contributed by atoms with Crippen LogP contribution in [0.3, 0.4) is 0 Å². The summed E-state index contributed by atoms with van der Waals surface area (Å²) in [6.07, 6.45) is 3.22. The van der Waals surface area contributed by atoms with Crippen LogP contribution in [0.15, 0.2) is 18.3 Å². The van der Waals surface area contributed by atoms with Gasteiger partial charge in [-0.3, -0.25) is 9.78 Å². The molecular weight excluding hydrogens is 431 g/mol. The van der Waals surface area contributed by atoms with E-state index in [-0.39, 0.29) is 12.1 Å². The lowest BCUT2D eigenvalue weighted by molar-refractivity contribution is 0.203. The van der Waals surface area contributed by atoms with Crippen molar-refractivity contribution in [3.63, 3.8) is 0 Å². The third-order valence-electron chi connectivity index (χ3n) is 6.91.